The molecule has 2 N–H and O–H groups in total. The molecule has 1 fully saturated rings. The highest BCUT2D eigenvalue weighted by Gasteiger charge is 2.19. The third-order valence-electron chi connectivity index (χ3n) is 3.17. The SMILES string of the molecule is Cc1ccn2ncc(C(=O)NCC3CNC3)c2n1.Cl. The van der Waals surface area contributed by atoms with Crippen molar-refractivity contribution in [3.63, 3.8) is 0 Å². The predicted molar refractivity (Wildman–Crippen MR) is 73.7 cm³/mol. The van der Waals surface area contributed by atoms with Crippen molar-refractivity contribution < 1.29 is 4.79 Å². The van der Waals surface area contributed by atoms with Crippen molar-refractivity contribution in [2.45, 2.75) is 6.92 Å². The van der Waals surface area contributed by atoms with E-state index in [2.05, 4.69) is 20.7 Å². The van der Waals surface area contributed by atoms with Crippen LogP contribution in [-0.4, -0.2) is 40.1 Å². The molecule has 1 amide bonds. The number of aromatic nitrogens is 3. The van der Waals surface area contributed by atoms with Crippen molar-refractivity contribution in [2.75, 3.05) is 19.6 Å². The number of carbonyl (C=O) groups excluding carboxylic acids is 1. The van der Waals surface area contributed by atoms with Crippen LogP contribution in [0.2, 0.25) is 0 Å². The molecule has 2 aromatic heterocycles. The normalized spacial score (nSPS) is 14.8. The van der Waals surface area contributed by atoms with Crippen LogP contribution in [0.5, 0.6) is 0 Å². The molecule has 19 heavy (non-hydrogen) atoms. The van der Waals surface area contributed by atoms with E-state index in [0.717, 1.165) is 18.8 Å². The van der Waals surface area contributed by atoms with Gasteiger partial charge in [-0.05, 0) is 13.0 Å². The molecule has 1 aliphatic heterocycles. The lowest BCUT2D eigenvalue weighted by molar-refractivity contribution is 0.0943. The summed E-state index contributed by atoms with van der Waals surface area (Å²) in [4.78, 5) is 16.4. The molecule has 1 aliphatic rings. The Morgan fingerprint density at radius 3 is 3.05 bits per heavy atom. The monoisotopic (exact) mass is 281 g/mol. The van der Waals surface area contributed by atoms with Crippen molar-refractivity contribution in [2.24, 2.45) is 5.92 Å². The van der Waals surface area contributed by atoms with E-state index in [4.69, 9.17) is 0 Å². The summed E-state index contributed by atoms with van der Waals surface area (Å²) in [5.74, 6) is 0.445. The standard InChI is InChI=1S/C12H15N5O.ClH/c1-8-2-3-17-11(16-8)10(7-15-17)12(18)14-6-9-4-13-5-9;/h2-3,7,9,13H,4-6H2,1H3,(H,14,18);1H. The average Bonchev–Trinajstić information content (AvgIpc) is 2.69. The van der Waals surface area contributed by atoms with Gasteiger partial charge in [0.15, 0.2) is 5.65 Å². The molecule has 3 heterocycles. The molecule has 0 aromatic carbocycles. The molecule has 0 saturated carbocycles. The van der Waals surface area contributed by atoms with Crippen LogP contribution in [0, 0.1) is 12.8 Å². The highest BCUT2D eigenvalue weighted by atomic mass is 35.5. The van der Waals surface area contributed by atoms with Gasteiger partial charge in [-0.15, -0.1) is 12.4 Å². The Morgan fingerprint density at radius 1 is 1.58 bits per heavy atom. The summed E-state index contributed by atoms with van der Waals surface area (Å²) in [6.07, 6.45) is 3.38. The Hall–Kier alpha value is -1.66. The Morgan fingerprint density at radius 2 is 2.37 bits per heavy atom. The second-order valence-corrected chi connectivity index (χ2v) is 4.63. The van der Waals surface area contributed by atoms with Crippen molar-refractivity contribution >= 4 is 24.0 Å². The van der Waals surface area contributed by atoms with E-state index in [1.54, 1.807) is 10.7 Å². The third kappa shape index (κ3) is 2.69. The minimum atomic E-state index is -0.102. The lowest BCUT2D eigenvalue weighted by atomic mass is 10.0. The summed E-state index contributed by atoms with van der Waals surface area (Å²) in [6, 6.07) is 1.86. The number of nitrogens with one attached hydrogen (secondary N) is 2. The van der Waals surface area contributed by atoms with E-state index >= 15 is 0 Å². The number of hydrogen-bond donors (Lipinski definition) is 2. The predicted octanol–water partition coefficient (Wildman–Crippen LogP) is 0.409. The maximum atomic E-state index is 12.1. The van der Waals surface area contributed by atoms with Gasteiger partial charge in [0.05, 0.1) is 6.20 Å². The fourth-order valence-electron chi connectivity index (χ4n) is 1.94. The largest absolute Gasteiger partial charge is 0.351 e. The van der Waals surface area contributed by atoms with Gasteiger partial charge in [0.2, 0.25) is 0 Å². The number of rotatable bonds is 3. The van der Waals surface area contributed by atoms with Gasteiger partial charge < -0.3 is 10.6 Å². The van der Waals surface area contributed by atoms with Gasteiger partial charge in [0.25, 0.3) is 5.91 Å². The minimum Gasteiger partial charge on any atom is -0.351 e. The maximum Gasteiger partial charge on any atom is 0.256 e. The summed E-state index contributed by atoms with van der Waals surface area (Å²) >= 11 is 0. The van der Waals surface area contributed by atoms with Crippen molar-refractivity contribution in [1.29, 1.82) is 0 Å². The first-order chi connectivity index (χ1) is 8.74. The number of aryl methyl sites for hydroxylation is 1. The highest BCUT2D eigenvalue weighted by molar-refractivity contribution is 5.99. The minimum absolute atomic E-state index is 0. The van der Waals surface area contributed by atoms with Crippen molar-refractivity contribution in [3.05, 3.63) is 29.7 Å². The van der Waals surface area contributed by atoms with Crippen LogP contribution in [0.3, 0.4) is 0 Å². The average molecular weight is 282 g/mol. The molecule has 1 saturated heterocycles. The topological polar surface area (TPSA) is 71.3 Å². The first kappa shape index (κ1) is 13.8. The Kier molecular flexibility index (Phi) is 4.01. The van der Waals surface area contributed by atoms with Crippen LogP contribution in [0.4, 0.5) is 0 Å². The molecule has 0 aliphatic carbocycles. The van der Waals surface area contributed by atoms with E-state index in [-0.39, 0.29) is 18.3 Å². The number of amides is 1. The zero-order valence-corrected chi connectivity index (χ0v) is 11.4. The van der Waals surface area contributed by atoms with Crippen LogP contribution in [0.15, 0.2) is 18.5 Å². The number of halogens is 1. The fraction of sp³-hybridized carbons (Fsp3) is 0.417. The van der Waals surface area contributed by atoms with Gasteiger partial charge in [-0.2, -0.15) is 5.10 Å². The van der Waals surface area contributed by atoms with Crippen LogP contribution in [0.1, 0.15) is 16.1 Å². The first-order valence-electron chi connectivity index (χ1n) is 6.04. The molecule has 0 spiro atoms. The lowest BCUT2D eigenvalue weighted by Crippen LogP contribution is -2.48. The Labute approximate surface area is 117 Å². The summed E-state index contributed by atoms with van der Waals surface area (Å²) in [7, 11) is 0. The summed E-state index contributed by atoms with van der Waals surface area (Å²) in [5, 5.41) is 10.2. The summed E-state index contributed by atoms with van der Waals surface area (Å²) in [5.41, 5.74) is 2.02. The molecule has 0 unspecified atom stereocenters. The number of hydrogen-bond acceptors (Lipinski definition) is 4. The zero-order valence-electron chi connectivity index (χ0n) is 10.6. The molecule has 0 atom stereocenters. The third-order valence-corrected chi connectivity index (χ3v) is 3.17. The first-order valence-corrected chi connectivity index (χ1v) is 6.04. The van der Waals surface area contributed by atoms with Crippen LogP contribution < -0.4 is 10.6 Å². The van der Waals surface area contributed by atoms with Crippen LogP contribution in [0.25, 0.3) is 5.65 Å². The molecular formula is C12H16ClN5O. The van der Waals surface area contributed by atoms with Crippen molar-refractivity contribution in [3.8, 4) is 0 Å². The quantitative estimate of drug-likeness (QED) is 0.855. The van der Waals surface area contributed by atoms with Gasteiger partial charge in [0.1, 0.15) is 5.56 Å². The van der Waals surface area contributed by atoms with Crippen molar-refractivity contribution in [1.82, 2.24) is 25.2 Å². The molecule has 3 rings (SSSR count). The van der Waals surface area contributed by atoms with Crippen LogP contribution >= 0.6 is 12.4 Å². The number of nitrogens with zero attached hydrogens (tertiary/aromatic N) is 3. The van der Waals surface area contributed by atoms with E-state index in [1.807, 2.05) is 19.2 Å². The van der Waals surface area contributed by atoms with E-state index in [9.17, 15) is 4.79 Å². The molecule has 0 radical (unpaired) electrons. The van der Waals surface area contributed by atoms with E-state index in [1.165, 1.54) is 0 Å². The molecular weight excluding hydrogens is 266 g/mol. The highest BCUT2D eigenvalue weighted by Crippen LogP contribution is 2.09. The zero-order chi connectivity index (χ0) is 12.5. The smallest absolute Gasteiger partial charge is 0.256 e. The Balaban J connectivity index is 0.00000133. The Bertz CT molecular complexity index is 593. The molecule has 6 nitrogen and oxygen atoms in total. The molecule has 102 valence electrons. The molecule has 0 bridgehead atoms. The fourth-order valence-corrected chi connectivity index (χ4v) is 1.94. The van der Waals surface area contributed by atoms with Gasteiger partial charge >= 0.3 is 0 Å². The van der Waals surface area contributed by atoms with E-state index < -0.39 is 0 Å². The maximum absolute atomic E-state index is 12.1. The van der Waals surface area contributed by atoms with Crippen LogP contribution in [-0.2, 0) is 0 Å². The van der Waals surface area contributed by atoms with Gasteiger partial charge in [0, 0.05) is 37.4 Å². The van der Waals surface area contributed by atoms with Gasteiger partial charge in [-0.25, -0.2) is 9.50 Å². The molecule has 7 heteroatoms. The number of carbonyl (C=O) groups is 1. The summed E-state index contributed by atoms with van der Waals surface area (Å²) in [6.45, 7) is 4.56. The second kappa shape index (κ2) is 5.54. The van der Waals surface area contributed by atoms with Gasteiger partial charge in [-0.1, -0.05) is 0 Å². The van der Waals surface area contributed by atoms with E-state index in [0.29, 0.717) is 23.7 Å². The lowest BCUT2D eigenvalue weighted by Gasteiger charge is -2.26. The second-order valence-electron chi connectivity index (χ2n) is 4.63. The summed E-state index contributed by atoms with van der Waals surface area (Å²) < 4.78 is 1.62. The number of fused-ring (bicyclic) bond motifs is 1. The molecule has 2 aromatic rings. The van der Waals surface area contributed by atoms with Gasteiger partial charge in [-0.3, -0.25) is 4.79 Å².